The van der Waals surface area contributed by atoms with E-state index in [-0.39, 0.29) is 6.03 Å². The van der Waals surface area contributed by atoms with Crippen LogP contribution in [0.5, 0.6) is 0 Å². The molecule has 24 heavy (non-hydrogen) atoms. The normalized spacial score (nSPS) is 10.9. The minimum atomic E-state index is -0.295. The van der Waals surface area contributed by atoms with Gasteiger partial charge in [0.15, 0.2) is 0 Å². The molecule has 0 radical (unpaired) electrons. The van der Waals surface area contributed by atoms with Crippen LogP contribution in [-0.4, -0.2) is 11.0 Å². The minimum Gasteiger partial charge on any atom is -0.355 e. The third-order valence-electron chi connectivity index (χ3n) is 3.87. The van der Waals surface area contributed by atoms with Gasteiger partial charge in [0.05, 0.1) is 0 Å². The van der Waals surface area contributed by atoms with Crippen LogP contribution in [0.3, 0.4) is 0 Å². The smallest absolute Gasteiger partial charge is 0.323 e. The van der Waals surface area contributed by atoms with Gasteiger partial charge in [-0.05, 0) is 48.5 Å². The number of carbonyl (C=O) groups is 1. The highest BCUT2D eigenvalue weighted by molar-refractivity contribution is 6.30. The predicted molar refractivity (Wildman–Crippen MR) is 99.9 cm³/mol. The molecule has 1 heterocycles. The number of urea groups is 1. The summed E-state index contributed by atoms with van der Waals surface area (Å²) in [4.78, 5) is 15.5. The molecule has 4 rings (SSSR count). The Morgan fingerprint density at radius 1 is 0.792 bits per heavy atom. The van der Waals surface area contributed by atoms with E-state index in [9.17, 15) is 4.79 Å². The van der Waals surface area contributed by atoms with Gasteiger partial charge in [0.25, 0.3) is 0 Å². The van der Waals surface area contributed by atoms with E-state index in [4.69, 9.17) is 11.6 Å². The molecule has 3 aromatic carbocycles. The van der Waals surface area contributed by atoms with Crippen molar-refractivity contribution in [1.29, 1.82) is 0 Å². The molecule has 0 aliphatic rings. The van der Waals surface area contributed by atoms with Gasteiger partial charge >= 0.3 is 6.03 Å². The predicted octanol–water partition coefficient (Wildman–Crippen LogP) is 5.62. The highest BCUT2D eigenvalue weighted by atomic mass is 35.5. The molecule has 3 N–H and O–H groups in total. The van der Waals surface area contributed by atoms with Crippen molar-refractivity contribution >= 4 is 50.8 Å². The number of hydrogen-bond donors (Lipinski definition) is 3. The highest BCUT2D eigenvalue weighted by Crippen LogP contribution is 2.27. The summed E-state index contributed by atoms with van der Waals surface area (Å²) < 4.78 is 0. The molecule has 5 heteroatoms. The Bertz CT molecular complexity index is 1040. The van der Waals surface area contributed by atoms with Gasteiger partial charge in [-0.3, -0.25) is 0 Å². The molecule has 0 aliphatic heterocycles. The van der Waals surface area contributed by atoms with Crippen molar-refractivity contribution in [2.24, 2.45) is 0 Å². The zero-order valence-electron chi connectivity index (χ0n) is 12.6. The summed E-state index contributed by atoms with van der Waals surface area (Å²) in [5, 5.41) is 8.48. The average molecular weight is 336 g/mol. The molecule has 0 atom stereocenters. The van der Waals surface area contributed by atoms with Crippen LogP contribution in [0.4, 0.5) is 16.2 Å². The molecule has 0 saturated heterocycles. The zero-order chi connectivity index (χ0) is 16.5. The van der Waals surface area contributed by atoms with E-state index in [2.05, 4.69) is 21.7 Å². The van der Waals surface area contributed by atoms with Crippen molar-refractivity contribution < 1.29 is 4.79 Å². The second-order valence-electron chi connectivity index (χ2n) is 5.52. The van der Waals surface area contributed by atoms with Crippen LogP contribution in [0.2, 0.25) is 5.02 Å². The van der Waals surface area contributed by atoms with Crippen molar-refractivity contribution in [2.75, 3.05) is 10.6 Å². The molecule has 2 amide bonds. The first-order valence-electron chi connectivity index (χ1n) is 7.53. The third-order valence-corrected chi connectivity index (χ3v) is 4.12. The molecule has 0 spiro atoms. The Morgan fingerprint density at radius 2 is 1.46 bits per heavy atom. The standard InChI is InChI=1S/C19H14ClN3O/c20-12-5-7-13(8-6-12)21-19(24)22-14-9-10-18-16(11-14)15-3-1-2-4-17(15)23-18/h1-11,23H,(H2,21,22,24). The van der Waals surface area contributed by atoms with Crippen molar-refractivity contribution in [2.45, 2.75) is 0 Å². The summed E-state index contributed by atoms with van der Waals surface area (Å²) in [5.41, 5.74) is 3.54. The van der Waals surface area contributed by atoms with Gasteiger partial charge in [-0.2, -0.15) is 0 Å². The number of H-pyrrole nitrogens is 1. The van der Waals surface area contributed by atoms with E-state index in [1.54, 1.807) is 24.3 Å². The summed E-state index contributed by atoms with van der Waals surface area (Å²) >= 11 is 5.84. The Hall–Kier alpha value is -2.98. The fourth-order valence-electron chi connectivity index (χ4n) is 2.75. The minimum absolute atomic E-state index is 0.295. The van der Waals surface area contributed by atoms with E-state index < -0.39 is 0 Å². The number of aromatic amines is 1. The van der Waals surface area contributed by atoms with Gasteiger partial charge < -0.3 is 15.6 Å². The van der Waals surface area contributed by atoms with E-state index >= 15 is 0 Å². The molecule has 0 unspecified atom stereocenters. The number of fused-ring (bicyclic) bond motifs is 3. The van der Waals surface area contributed by atoms with E-state index in [1.807, 2.05) is 36.4 Å². The summed E-state index contributed by atoms with van der Waals surface area (Å²) in [6.45, 7) is 0. The number of rotatable bonds is 2. The second kappa shape index (κ2) is 5.91. The Morgan fingerprint density at radius 3 is 2.29 bits per heavy atom. The molecule has 0 fully saturated rings. The Labute approximate surface area is 143 Å². The molecule has 118 valence electrons. The third kappa shape index (κ3) is 2.79. The molecule has 0 bridgehead atoms. The summed E-state index contributed by atoms with van der Waals surface area (Å²) in [7, 11) is 0. The lowest BCUT2D eigenvalue weighted by molar-refractivity contribution is 0.262. The van der Waals surface area contributed by atoms with E-state index in [0.717, 1.165) is 27.5 Å². The summed E-state index contributed by atoms with van der Waals surface area (Å²) in [5.74, 6) is 0. The number of nitrogens with one attached hydrogen (secondary N) is 3. The molecule has 0 aliphatic carbocycles. The van der Waals surface area contributed by atoms with Crippen molar-refractivity contribution in [3.63, 3.8) is 0 Å². The summed E-state index contributed by atoms with van der Waals surface area (Å²) in [6, 6.07) is 20.6. The maximum absolute atomic E-state index is 12.1. The lowest BCUT2D eigenvalue weighted by Gasteiger charge is -2.08. The molecule has 0 saturated carbocycles. The van der Waals surface area contributed by atoms with Crippen LogP contribution >= 0.6 is 11.6 Å². The number of aromatic nitrogens is 1. The first-order chi connectivity index (χ1) is 11.7. The number of amides is 2. The van der Waals surface area contributed by atoms with Crippen molar-refractivity contribution in [3.8, 4) is 0 Å². The Kier molecular flexibility index (Phi) is 3.59. The van der Waals surface area contributed by atoms with Crippen LogP contribution in [-0.2, 0) is 0 Å². The lowest BCUT2D eigenvalue weighted by atomic mass is 10.1. The molecule has 1 aromatic heterocycles. The van der Waals surface area contributed by atoms with Gasteiger partial charge in [-0.25, -0.2) is 4.79 Å². The van der Waals surface area contributed by atoms with E-state index in [1.165, 1.54) is 0 Å². The molecule has 4 nitrogen and oxygen atoms in total. The van der Waals surface area contributed by atoms with Crippen LogP contribution in [0.1, 0.15) is 0 Å². The quantitative estimate of drug-likeness (QED) is 0.437. The van der Waals surface area contributed by atoms with Gasteiger partial charge in [-0.15, -0.1) is 0 Å². The SMILES string of the molecule is O=C(Nc1ccc(Cl)cc1)Nc1ccc2[nH]c3ccccc3c2c1. The topological polar surface area (TPSA) is 56.9 Å². The summed E-state index contributed by atoms with van der Waals surface area (Å²) in [6.07, 6.45) is 0. The van der Waals surface area contributed by atoms with Gasteiger partial charge in [0, 0.05) is 38.2 Å². The number of benzene rings is 3. The number of anilines is 2. The number of hydrogen-bond acceptors (Lipinski definition) is 1. The molecule has 4 aromatic rings. The lowest BCUT2D eigenvalue weighted by Crippen LogP contribution is -2.19. The number of carbonyl (C=O) groups excluding carboxylic acids is 1. The maximum Gasteiger partial charge on any atom is 0.323 e. The highest BCUT2D eigenvalue weighted by Gasteiger charge is 2.07. The van der Waals surface area contributed by atoms with Crippen LogP contribution in [0.15, 0.2) is 66.7 Å². The Balaban J connectivity index is 1.58. The largest absolute Gasteiger partial charge is 0.355 e. The first kappa shape index (κ1) is 14.6. The molecular formula is C19H14ClN3O. The van der Waals surface area contributed by atoms with Crippen LogP contribution < -0.4 is 10.6 Å². The fraction of sp³-hybridized carbons (Fsp3) is 0. The first-order valence-corrected chi connectivity index (χ1v) is 7.91. The average Bonchev–Trinajstić information content (AvgIpc) is 2.95. The number of halogens is 1. The monoisotopic (exact) mass is 335 g/mol. The second-order valence-corrected chi connectivity index (χ2v) is 5.95. The number of para-hydroxylation sites is 1. The van der Waals surface area contributed by atoms with Crippen LogP contribution in [0, 0.1) is 0 Å². The van der Waals surface area contributed by atoms with Gasteiger partial charge in [-0.1, -0.05) is 29.8 Å². The molecular weight excluding hydrogens is 322 g/mol. The van der Waals surface area contributed by atoms with Gasteiger partial charge in [0.2, 0.25) is 0 Å². The van der Waals surface area contributed by atoms with E-state index in [0.29, 0.717) is 10.7 Å². The maximum atomic E-state index is 12.1. The van der Waals surface area contributed by atoms with Crippen molar-refractivity contribution in [1.82, 2.24) is 4.98 Å². The fourth-order valence-corrected chi connectivity index (χ4v) is 2.88. The van der Waals surface area contributed by atoms with Crippen molar-refractivity contribution in [3.05, 3.63) is 71.8 Å². The van der Waals surface area contributed by atoms with Crippen LogP contribution in [0.25, 0.3) is 21.8 Å². The zero-order valence-corrected chi connectivity index (χ0v) is 13.4. The van der Waals surface area contributed by atoms with Gasteiger partial charge in [0.1, 0.15) is 0 Å².